The maximum Gasteiger partial charge on any atom is 0.329 e. The predicted molar refractivity (Wildman–Crippen MR) is 132 cm³/mol. The lowest BCUT2D eigenvalue weighted by Crippen LogP contribution is -2.38. The Hall–Kier alpha value is -2.93. The van der Waals surface area contributed by atoms with E-state index in [-0.39, 0.29) is 23.5 Å². The van der Waals surface area contributed by atoms with Gasteiger partial charge in [-0.25, -0.2) is 9.18 Å². The largest absolute Gasteiger partial charge is 0.334 e. The number of imidazole rings is 1. The first-order chi connectivity index (χ1) is 16.5. The van der Waals surface area contributed by atoms with Crippen molar-refractivity contribution in [1.82, 2.24) is 18.9 Å². The van der Waals surface area contributed by atoms with Crippen molar-refractivity contribution in [3.8, 4) is 0 Å². The molecule has 1 saturated heterocycles. The second-order valence-electron chi connectivity index (χ2n) is 9.70. The third kappa shape index (κ3) is 4.17. The molecule has 0 N–H and O–H groups in total. The number of nitrogens with zero attached hydrogens (tertiary/aromatic N) is 4. The van der Waals surface area contributed by atoms with E-state index in [1.807, 2.05) is 29.4 Å². The summed E-state index contributed by atoms with van der Waals surface area (Å²) in [6.45, 7) is 8.92. The number of carbonyl (C=O) groups excluding carboxylic acids is 1. The van der Waals surface area contributed by atoms with Crippen LogP contribution in [0.2, 0.25) is 0 Å². The van der Waals surface area contributed by atoms with Gasteiger partial charge in [0.15, 0.2) is 0 Å². The number of fused-ring (bicyclic) bond motifs is 2. The van der Waals surface area contributed by atoms with Crippen molar-refractivity contribution >= 4 is 16.9 Å². The molecule has 5 rings (SSSR count). The van der Waals surface area contributed by atoms with Crippen LogP contribution in [0.15, 0.2) is 41.2 Å². The zero-order valence-electron chi connectivity index (χ0n) is 20.1. The molecule has 7 heteroatoms. The van der Waals surface area contributed by atoms with Crippen molar-refractivity contribution in [2.45, 2.75) is 58.7 Å². The second kappa shape index (κ2) is 9.37. The number of aryl methyl sites for hydroxylation is 2. The summed E-state index contributed by atoms with van der Waals surface area (Å²) < 4.78 is 17.3. The Balaban J connectivity index is 1.13. The fourth-order valence-corrected chi connectivity index (χ4v) is 5.61. The van der Waals surface area contributed by atoms with Gasteiger partial charge in [-0.15, -0.1) is 0 Å². The number of likely N-dealkylation sites (tertiary alicyclic amines) is 1. The van der Waals surface area contributed by atoms with Gasteiger partial charge in [-0.2, -0.15) is 0 Å². The van der Waals surface area contributed by atoms with Crippen LogP contribution in [0.1, 0.15) is 60.1 Å². The molecule has 0 aliphatic carbocycles. The summed E-state index contributed by atoms with van der Waals surface area (Å²) in [7, 11) is 0. The zero-order chi connectivity index (χ0) is 23.8. The average molecular weight is 465 g/mol. The highest BCUT2D eigenvalue weighted by atomic mass is 19.1. The molecule has 34 heavy (non-hydrogen) atoms. The smallest absolute Gasteiger partial charge is 0.329 e. The molecule has 1 fully saturated rings. The van der Waals surface area contributed by atoms with Crippen LogP contribution in [0.5, 0.6) is 0 Å². The minimum Gasteiger partial charge on any atom is -0.334 e. The minimum absolute atomic E-state index is 0.0342. The predicted octanol–water partition coefficient (Wildman–Crippen LogP) is 4.34. The quantitative estimate of drug-likeness (QED) is 0.489. The molecule has 0 bridgehead atoms. The molecular formula is C27H33FN4O2. The van der Waals surface area contributed by atoms with Gasteiger partial charge >= 0.3 is 5.69 Å². The normalized spacial score (nSPS) is 17.1. The third-order valence-electron chi connectivity index (χ3n) is 7.46. The number of benzene rings is 2. The van der Waals surface area contributed by atoms with Crippen molar-refractivity contribution in [1.29, 1.82) is 0 Å². The lowest BCUT2D eigenvalue weighted by atomic mass is 10.0. The van der Waals surface area contributed by atoms with E-state index in [1.54, 1.807) is 10.6 Å². The number of amides is 1. The monoisotopic (exact) mass is 464 g/mol. The molecule has 3 aromatic rings. The Bertz CT molecular complexity index is 1270. The number of rotatable bonds is 7. The Labute approximate surface area is 199 Å². The summed E-state index contributed by atoms with van der Waals surface area (Å²) in [5.41, 5.74) is 4.62. The number of piperidine rings is 1. The summed E-state index contributed by atoms with van der Waals surface area (Å²) in [6.07, 6.45) is 3.88. The molecule has 0 atom stereocenters. The lowest BCUT2D eigenvalue weighted by molar-refractivity contribution is 0.0773. The second-order valence-corrected chi connectivity index (χ2v) is 9.70. The molecule has 6 nitrogen and oxygen atoms in total. The van der Waals surface area contributed by atoms with E-state index in [2.05, 4.69) is 17.0 Å². The number of halogens is 1. The van der Waals surface area contributed by atoms with E-state index in [4.69, 9.17) is 0 Å². The topological polar surface area (TPSA) is 50.5 Å². The fraction of sp³-hybridized carbons (Fsp3) is 0.481. The molecule has 0 unspecified atom stereocenters. The third-order valence-corrected chi connectivity index (χ3v) is 7.46. The number of hydrogen-bond acceptors (Lipinski definition) is 3. The van der Waals surface area contributed by atoms with Gasteiger partial charge in [-0.3, -0.25) is 13.9 Å². The van der Waals surface area contributed by atoms with Crippen LogP contribution in [0.25, 0.3) is 11.0 Å². The van der Waals surface area contributed by atoms with Crippen LogP contribution in [0.3, 0.4) is 0 Å². The standard InChI is InChI=1S/C27H33FN4O2/c1-3-31-25-17-21(28)8-9-24(25)32(27(31)34)22-10-14-29(15-11-22)12-4-5-13-30-18-20-7-6-19(2)16-23(20)26(30)33/h6-9,16-17,22H,3-5,10-15,18H2,1-2H3. The van der Waals surface area contributed by atoms with Gasteiger partial charge in [0.1, 0.15) is 5.82 Å². The van der Waals surface area contributed by atoms with E-state index in [9.17, 15) is 14.0 Å². The molecule has 2 aromatic carbocycles. The van der Waals surface area contributed by atoms with E-state index in [0.29, 0.717) is 12.1 Å². The Morgan fingerprint density at radius 3 is 2.50 bits per heavy atom. The van der Waals surface area contributed by atoms with Gasteiger partial charge in [0.25, 0.3) is 5.91 Å². The van der Waals surface area contributed by atoms with Gasteiger partial charge < -0.3 is 9.80 Å². The van der Waals surface area contributed by atoms with Crippen LogP contribution in [-0.4, -0.2) is 51.0 Å². The van der Waals surface area contributed by atoms with E-state index in [0.717, 1.165) is 80.6 Å². The first kappa shape index (κ1) is 22.8. The van der Waals surface area contributed by atoms with Crippen molar-refractivity contribution in [3.63, 3.8) is 0 Å². The molecule has 0 spiro atoms. The van der Waals surface area contributed by atoms with E-state index in [1.165, 1.54) is 12.1 Å². The Kier molecular flexibility index (Phi) is 6.30. The number of carbonyl (C=O) groups is 1. The highest BCUT2D eigenvalue weighted by Crippen LogP contribution is 2.27. The summed E-state index contributed by atoms with van der Waals surface area (Å²) in [5, 5.41) is 0. The fourth-order valence-electron chi connectivity index (χ4n) is 5.61. The van der Waals surface area contributed by atoms with Crippen LogP contribution in [0, 0.1) is 12.7 Å². The van der Waals surface area contributed by atoms with Gasteiger partial charge in [0, 0.05) is 44.3 Å². The van der Waals surface area contributed by atoms with Crippen molar-refractivity contribution in [3.05, 3.63) is 69.4 Å². The SMILES string of the molecule is CCn1c(=O)n(C2CCN(CCCCN3Cc4ccc(C)cc4C3=O)CC2)c2ccc(F)cc21. The van der Waals surface area contributed by atoms with Gasteiger partial charge in [-0.1, -0.05) is 17.7 Å². The lowest BCUT2D eigenvalue weighted by Gasteiger charge is -2.32. The maximum atomic E-state index is 13.8. The van der Waals surface area contributed by atoms with Crippen LogP contribution in [0.4, 0.5) is 4.39 Å². The molecule has 180 valence electrons. The van der Waals surface area contributed by atoms with E-state index >= 15 is 0 Å². The molecule has 0 radical (unpaired) electrons. The average Bonchev–Trinajstić information content (AvgIpc) is 3.29. The molecule has 2 aliphatic heterocycles. The molecule has 3 heterocycles. The Morgan fingerprint density at radius 1 is 0.971 bits per heavy atom. The zero-order valence-corrected chi connectivity index (χ0v) is 20.1. The number of unbranched alkanes of at least 4 members (excludes halogenated alkanes) is 1. The summed E-state index contributed by atoms with van der Waals surface area (Å²) in [6, 6.07) is 11.0. The van der Waals surface area contributed by atoms with Gasteiger partial charge in [-0.05, 0) is 75.9 Å². The summed E-state index contributed by atoms with van der Waals surface area (Å²) in [5.74, 6) is -0.146. The van der Waals surface area contributed by atoms with Crippen molar-refractivity contribution in [2.24, 2.45) is 0 Å². The Morgan fingerprint density at radius 2 is 1.74 bits per heavy atom. The van der Waals surface area contributed by atoms with Crippen LogP contribution >= 0.6 is 0 Å². The van der Waals surface area contributed by atoms with Gasteiger partial charge in [0.05, 0.1) is 11.0 Å². The first-order valence-electron chi connectivity index (χ1n) is 12.5. The first-order valence-corrected chi connectivity index (χ1v) is 12.5. The van der Waals surface area contributed by atoms with Crippen molar-refractivity contribution < 1.29 is 9.18 Å². The van der Waals surface area contributed by atoms with Crippen LogP contribution < -0.4 is 5.69 Å². The number of aromatic nitrogens is 2. The van der Waals surface area contributed by atoms with Crippen molar-refractivity contribution in [2.75, 3.05) is 26.2 Å². The number of hydrogen-bond donors (Lipinski definition) is 0. The highest BCUT2D eigenvalue weighted by molar-refractivity contribution is 5.98. The highest BCUT2D eigenvalue weighted by Gasteiger charge is 2.27. The molecule has 1 aromatic heterocycles. The van der Waals surface area contributed by atoms with Crippen LogP contribution in [-0.2, 0) is 13.1 Å². The molecule has 1 amide bonds. The summed E-state index contributed by atoms with van der Waals surface area (Å²) >= 11 is 0. The minimum atomic E-state index is -0.309. The van der Waals surface area contributed by atoms with Gasteiger partial charge in [0.2, 0.25) is 0 Å². The molecular weight excluding hydrogens is 431 g/mol. The molecule has 2 aliphatic rings. The maximum absolute atomic E-state index is 13.8. The summed E-state index contributed by atoms with van der Waals surface area (Å²) in [4.78, 5) is 30.1. The molecule has 0 saturated carbocycles. The van der Waals surface area contributed by atoms with E-state index < -0.39 is 0 Å².